The quantitative estimate of drug-likeness (QED) is 0.850. The van der Waals surface area contributed by atoms with Gasteiger partial charge in [0.1, 0.15) is 5.69 Å². The number of carbonyl (C=O) groups is 2. The molecule has 24 heavy (non-hydrogen) atoms. The fourth-order valence-corrected chi connectivity index (χ4v) is 2.24. The van der Waals surface area contributed by atoms with Gasteiger partial charge in [-0.2, -0.15) is 0 Å². The van der Waals surface area contributed by atoms with Gasteiger partial charge in [-0.1, -0.05) is 45.0 Å². The highest BCUT2D eigenvalue weighted by Gasteiger charge is 2.22. The molecule has 1 aromatic heterocycles. The zero-order chi connectivity index (χ0) is 17.7. The zero-order valence-electron chi connectivity index (χ0n) is 14.0. The van der Waals surface area contributed by atoms with Crippen molar-refractivity contribution in [2.45, 2.75) is 32.6 Å². The van der Waals surface area contributed by atoms with E-state index in [1.54, 1.807) is 0 Å². The molecular formula is C18H21N3O3. The third kappa shape index (κ3) is 4.16. The summed E-state index contributed by atoms with van der Waals surface area (Å²) >= 11 is 0. The van der Waals surface area contributed by atoms with Gasteiger partial charge in [0.2, 0.25) is 0 Å². The van der Waals surface area contributed by atoms with Crippen LogP contribution in [0.3, 0.4) is 0 Å². The van der Waals surface area contributed by atoms with Gasteiger partial charge in [0.25, 0.3) is 5.91 Å². The summed E-state index contributed by atoms with van der Waals surface area (Å²) in [5.74, 6) is -1.55. The first-order chi connectivity index (χ1) is 11.3. The summed E-state index contributed by atoms with van der Waals surface area (Å²) in [4.78, 5) is 30.4. The molecule has 6 nitrogen and oxygen atoms in total. The number of rotatable bonds is 6. The topological polar surface area (TPSA) is 92.2 Å². The third-order valence-electron chi connectivity index (χ3n) is 3.94. The predicted molar refractivity (Wildman–Crippen MR) is 90.2 cm³/mol. The number of carbonyl (C=O) groups excluding carboxylic acids is 1. The minimum absolute atomic E-state index is 0.0946. The van der Waals surface area contributed by atoms with Crippen molar-refractivity contribution in [3.8, 4) is 0 Å². The molecule has 126 valence electrons. The molecule has 0 radical (unpaired) electrons. The molecule has 0 unspecified atom stereocenters. The molecule has 0 fully saturated rings. The molecule has 0 saturated carbocycles. The summed E-state index contributed by atoms with van der Waals surface area (Å²) in [6, 6.07) is 8.34. The summed E-state index contributed by atoms with van der Waals surface area (Å²) in [6.07, 6.45) is 3.23. The van der Waals surface area contributed by atoms with E-state index in [-0.39, 0.29) is 22.7 Å². The summed E-state index contributed by atoms with van der Waals surface area (Å²) < 4.78 is 0. The molecule has 2 rings (SSSR count). The van der Waals surface area contributed by atoms with Crippen molar-refractivity contribution in [1.82, 2.24) is 15.3 Å². The molecule has 0 aliphatic rings. The molecule has 1 heterocycles. The molecule has 2 aromatic rings. The Hall–Kier alpha value is -2.76. The van der Waals surface area contributed by atoms with E-state index in [9.17, 15) is 9.59 Å². The molecule has 0 saturated heterocycles. The second-order valence-corrected chi connectivity index (χ2v) is 6.21. The van der Waals surface area contributed by atoms with Crippen molar-refractivity contribution >= 4 is 11.9 Å². The van der Waals surface area contributed by atoms with Crippen molar-refractivity contribution in [1.29, 1.82) is 0 Å². The first kappa shape index (κ1) is 17.6. The maximum Gasteiger partial charge on any atom is 0.356 e. The minimum atomic E-state index is -1.17. The molecular weight excluding hydrogens is 306 g/mol. The van der Waals surface area contributed by atoms with Crippen LogP contribution >= 0.6 is 0 Å². The lowest BCUT2D eigenvalue weighted by Gasteiger charge is -2.25. The molecule has 0 atom stereocenters. The predicted octanol–water partition coefficient (Wildman–Crippen LogP) is 2.44. The van der Waals surface area contributed by atoms with Crippen molar-refractivity contribution in [2.24, 2.45) is 0 Å². The summed E-state index contributed by atoms with van der Waals surface area (Å²) in [6.45, 7) is 6.64. The standard InChI is InChI=1S/C18H21N3O3/c1-4-12-5-7-13(8-6-12)18(2,3)11-21-16(22)14-9-20-15(10-19-14)17(23)24/h5-10H,4,11H2,1-3H3,(H,21,22)(H,23,24). The molecule has 0 aliphatic heterocycles. The number of hydrogen-bond donors (Lipinski definition) is 2. The zero-order valence-corrected chi connectivity index (χ0v) is 14.0. The SMILES string of the molecule is CCc1ccc(C(C)(C)CNC(=O)c2cnc(C(=O)O)cn2)cc1. The summed E-state index contributed by atoms with van der Waals surface area (Å²) in [7, 11) is 0. The van der Waals surface area contributed by atoms with E-state index in [2.05, 4.69) is 46.5 Å². The number of nitrogens with zero attached hydrogens (tertiary/aromatic N) is 2. The second kappa shape index (κ2) is 7.21. The van der Waals surface area contributed by atoms with E-state index >= 15 is 0 Å². The van der Waals surface area contributed by atoms with Crippen molar-refractivity contribution in [3.05, 3.63) is 59.2 Å². The number of nitrogens with one attached hydrogen (secondary N) is 1. The van der Waals surface area contributed by atoms with Crippen molar-refractivity contribution in [2.75, 3.05) is 6.54 Å². The van der Waals surface area contributed by atoms with E-state index < -0.39 is 5.97 Å². The van der Waals surface area contributed by atoms with Gasteiger partial charge in [-0.3, -0.25) is 4.79 Å². The number of benzene rings is 1. The van der Waals surface area contributed by atoms with E-state index in [1.807, 2.05) is 13.8 Å². The van der Waals surface area contributed by atoms with Gasteiger partial charge in [0, 0.05) is 12.0 Å². The lowest BCUT2D eigenvalue weighted by atomic mass is 9.84. The van der Waals surface area contributed by atoms with Gasteiger partial charge < -0.3 is 10.4 Å². The van der Waals surface area contributed by atoms with Crippen LogP contribution in [0.1, 0.15) is 52.9 Å². The number of aromatic carboxylic acids is 1. The van der Waals surface area contributed by atoms with Crippen LogP contribution in [-0.2, 0) is 11.8 Å². The average Bonchev–Trinajstić information content (AvgIpc) is 2.60. The van der Waals surface area contributed by atoms with Gasteiger partial charge in [-0.15, -0.1) is 0 Å². The van der Waals surface area contributed by atoms with Crippen LogP contribution in [0, 0.1) is 0 Å². The fourth-order valence-electron chi connectivity index (χ4n) is 2.24. The lowest BCUT2D eigenvalue weighted by Crippen LogP contribution is -2.37. The fraction of sp³-hybridized carbons (Fsp3) is 0.333. The van der Waals surface area contributed by atoms with E-state index in [1.165, 1.54) is 11.8 Å². The largest absolute Gasteiger partial charge is 0.476 e. The van der Waals surface area contributed by atoms with Crippen LogP contribution in [0.5, 0.6) is 0 Å². The molecule has 6 heteroatoms. The van der Waals surface area contributed by atoms with Crippen LogP contribution in [0.25, 0.3) is 0 Å². The number of aryl methyl sites for hydroxylation is 1. The Kier molecular flexibility index (Phi) is 5.28. The molecule has 0 bridgehead atoms. The Morgan fingerprint density at radius 2 is 1.67 bits per heavy atom. The highest BCUT2D eigenvalue weighted by Crippen LogP contribution is 2.22. The van der Waals surface area contributed by atoms with Crippen LogP contribution in [0.4, 0.5) is 0 Å². The number of carboxylic acids is 1. The average molecular weight is 327 g/mol. The van der Waals surface area contributed by atoms with Crippen LogP contribution < -0.4 is 5.32 Å². The van der Waals surface area contributed by atoms with Crippen LogP contribution in [0.2, 0.25) is 0 Å². The van der Waals surface area contributed by atoms with E-state index in [0.29, 0.717) is 6.54 Å². The van der Waals surface area contributed by atoms with Gasteiger partial charge >= 0.3 is 5.97 Å². The van der Waals surface area contributed by atoms with Crippen molar-refractivity contribution < 1.29 is 14.7 Å². The Balaban J connectivity index is 2.02. The number of amides is 1. The van der Waals surface area contributed by atoms with Gasteiger partial charge in [0.15, 0.2) is 5.69 Å². The smallest absolute Gasteiger partial charge is 0.356 e. The Bertz CT molecular complexity index is 722. The monoisotopic (exact) mass is 327 g/mol. The maximum absolute atomic E-state index is 12.1. The van der Waals surface area contributed by atoms with Crippen molar-refractivity contribution in [3.63, 3.8) is 0 Å². The molecule has 1 aromatic carbocycles. The third-order valence-corrected chi connectivity index (χ3v) is 3.94. The van der Waals surface area contributed by atoms with Crippen LogP contribution in [-0.4, -0.2) is 33.5 Å². The summed E-state index contributed by atoms with van der Waals surface area (Å²) in [5, 5.41) is 11.6. The lowest BCUT2D eigenvalue weighted by molar-refractivity contribution is 0.0689. The summed E-state index contributed by atoms with van der Waals surface area (Å²) in [5.41, 5.74) is 2.07. The van der Waals surface area contributed by atoms with Gasteiger partial charge in [-0.05, 0) is 17.5 Å². The Labute approximate surface area is 141 Å². The Morgan fingerprint density at radius 3 is 2.17 bits per heavy atom. The van der Waals surface area contributed by atoms with Gasteiger partial charge in [-0.25, -0.2) is 14.8 Å². The molecule has 0 spiro atoms. The highest BCUT2D eigenvalue weighted by atomic mass is 16.4. The number of carboxylic acid groups (broad SMARTS) is 1. The van der Waals surface area contributed by atoms with E-state index in [4.69, 9.17) is 5.11 Å². The first-order valence-corrected chi connectivity index (χ1v) is 7.76. The van der Waals surface area contributed by atoms with E-state index in [0.717, 1.165) is 18.2 Å². The maximum atomic E-state index is 12.1. The van der Waals surface area contributed by atoms with Crippen LogP contribution in [0.15, 0.2) is 36.7 Å². The van der Waals surface area contributed by atoms with Gasteiger partial charge in [0.05, 0.1) is 12.4 Å². The second-order valence-electron chi connectivity index (χ2n) is 6.21. The number of hydrogen-bond acceptors (Lipinski definition) is 4. The highest BCUT2D eigenvalue weighted by molar-refractivity contribution is 5.92. The molecule has 1 amide bonds. The normalized spacial score (nSPS) is 11.1. The Morgan fingerprint density at radius 1 is 1.08 bits per heavy atom. The first-order valence-electron chi connectivity index (χ1n) is 7.76. The minimum Gasteiger partial charge on any atom is -0.476 e. The molecule has 2 N–H and O–H groups in total. The molecule has 0 aliphatic carbocycles. The number of aromatic nitrogens is 2.